The Morgan fingerprint density at radius 3 is 2.50 bits per heavy atom. The van der Waals surface area contributed by atoms with Crippen LogP contribution < -0.4 is 10.0 Å². The van der Waals surface area contributed by atoms with Crippen molar-refractivity contribution in [2.75, 3.05) is 65.6 Å². The monoisotopic (exact) mass is 459 g/mol. The molecule has 0 bridgehead atoms. The van der Waals surface area contributed by atoms with Gasteiger partial charge in [-0.2, -0.15) is 12.7 Å². The smallest absolute Gasteiger partial charge is 0.279 e. The van der Waals surface area contributed by atoms with Gasteiger partial charge >= 0.3 is 0 Å². The lowest BCUT2D eigenvalue weighted by atomic mass is 10.2. The molecule has 2 aliphatic heterocycles. The van der Waals surface area contributed by atoms with Crippen molar-refractivity contribution >= 4 is 33.4 Å². The molecule has 0 aliphatic carbocycles. The second kappa shape index (κ2) is 10.6. The maximum Gasteiger partial charge on any atom is 0.279 e. The fraction of sp³-hybridized carbons (Fsp3) is 0.667. The minimum Gasteiger partial charge on any atom is -0.379 e. The summed E-state index contributed by atoms with van der Waals surface area (Å²) >= 11 is 1.34. The zero-order valence-electron chi connectivity index (χ0n) is 17.1. The maximum absolute atomic E-state index is 12.6. The first-order valence-electron chi connectivity index (χ1n) is 10.0. The maximum atomic E-state index is 12.6. The van der Waals surface area contributed by atoms with Crippen LogP contribution in [0.25, 0.3) is 0 Å². The highest BCUT2D eigenvalue weighted by Gasteiger charge is 2.27. The molecule has 10 nitrogen and oxygen atoms in total. The summed E-state index contributed by atoms with van der Waals surface area (Å²) in [6.07, 6.45) is 0. The van der Waals surface area contributed by atoms with Gasteiger partial charge in [0.1, 0.15) is 6.04 Å². The van der Waals surface area contributed by atoms with Gasteiger partial charge in [-0.25, -0.2) is 4.72 Å². The van der Waals surface area contributed by atoms with Crippen molar-refractivity contribution < 1.29 is 22.7 Å². The van der Waals surface area contributed by atoms with Crippen LogP contribution in [0.15, 0.2) is 17.5 Å². The Hall–Kier alpha value is -1.57. The summed E-state index contributed by atoms with van der Waals surface area (Å²) in [5.41, 5.74) is 0. The van der Waals surface area contributed by atoms with Crippen molar-refractivity contribution in [1.29, 1.82) is 0 Å². The highest BCUT2D eigenvalue weighted by atomic mass is 32.2. The summed E-state index contributed by atoms with van der Waals surface area (Å²) < 4.78 is 33.8. The number of morpholine rings is 1. The van der Waals surface area contributed by atoms with Crippen molar-refractivity contribution in [3.63, 3.8) is 0 Å². The summed E-state index contributed by atoms with van der Waals surface area (Å²) in [6, 6.07) is 2.93. The third-order valence-corrected chi connectivity index (χ3v) is 7.65. The molecule has 0 saturated carbocycles. The number of hydrogen-bond donors (Lipinski definition) is 2. The van der Waals surface area contributed by atoms with Crippen LogP contribution in [0, 0.1) is 0 Å². The van der Waals surface area contributed by atoms with E-state index < -0.39 is 16.3 Å². The molecule has 1 aromatic heterocycles. The van der Waals surface area contributed by atoms with Gasteiger partial charge in [-0.1, -0.05) is 6.07 Å². The number of nitrogens with one attached hydrogen (secondary N) is 2. The van der Waals surface area contributed by atoms with E-state index in [9.17, 15) is 18.0 Å². The molecule has 3 heterocycles. The molecule has 2 aliphatic rings. The highest BCUT2D eigenvalue weighted by Crippen LogP contribution is 2.09. The fourth-order valence-electron chi connectivity index (χ4n) is 3.41. The van der Waals surface area contributed by atoms with Crippen LogP contribution in [-0.4, -0.2) is 106 Å². The average Bonchev–Trinajstić information content (AvgIpc) is 3.29. The molecule has 0 spiro atoms. The lowest BCUT2D eigenvalue weighted by molar-refractivity contribution is -0.134. The molecular formula is C18H29N5O5S2. The standard InChI is InChI=1S/C18H29N5O5S2/c1-15(20-17(24)16-3-2-14-29-16)18(25)22-8-6-21(7-9-22)5-4-19-30(26,27)23-10-12-28-13-11-23/h2-3,14-15,19H,4-13H2,1H3,(H,20,24)/t15-/m1/s1. The van der Waals surface area contributed by atoms with Crippen LogP contribution >= 0.6 is 11.3 Å². The predicted octanol–water partition coefficient (Wildman–Crippen LogP) is -0.823. The molecule has 2 saturated heterocycles. The van der Waals surface area contributed by atoms with E-state index in [1.54, 1.807) is 24.0 Å². The minimum atomic E-state index is -3.48. The molecule has 2 fully saturated rings. The van der Waals surface area contributed by atoms with Crippen molar-refractivity contribution in [3.8, 4) is 0 Å². The lowest BCUT2D eigenvalue weighted by Gasteiger charge is -2.36. The average molecular weight is 460 g/mol. The van der Waals surface area contributed by atoms with E-state index in [1.165, 1.54) is 15.6 Å². The van der Waals surface area contributed by atoms with Crippen LogP contribution in [0.3, 0.4) is 0 Å². The number of carbonyl (C=O) groups is 2. The third kappa shape index (κ3) is 6.22. The van der Waals surface area contributed by atoms with Gasteiger partial charge in [0.05, 0.1) is 18.1 Å². The van der Waals surface area contributed by atoms with Crippen LogP contribution in [0.5, 0.6) is 0 Å². The summed E-state index contributed by atoms with van der Waals surface area (Å²) in [6.45, 7) is 6.61. The Morgan fingerprint density at radius 1 is 1.17 bits per heavy atom. The van der Waals surface area contributed by atoms with Crippen molar-refractivity contribution in [3.05, 3.63) is 22.4 Å². The summed E-state index contributed by atoms with van der Waals surface area (Å²) in [7, 11) is -3.48. The van der Waals surface area contributed by atoms with Gasteiger partial charge in [0.25, 0.3) is 16.1 Å². The second-order valence-electron chi connectivity index (χ2n) is 7.25. The Balaban J connectivity index is 1.36. The van der Waals surface area contributed by atoms with E-state index in [-0.39, 0.29) is 11.8 Å². The van der Waals surface area contributed by atoms with Gasteiger partial charge in [-0.05, 0) is 18.4 Å². The first-order valence-corrected chi connectivity index (χ1v) is 12.4. The lowest BCUT2D eigenvalue weighted by Crippen LogP contribution is -2.55. The molecule has 0 unspecified atom stereocenters. The zero-order valence-corrected chi connectivity index (χ0v) is 18.7. The molecule has 30 heavy (non-hydrogen) atoms. The quantitative estimate of drug-likeness (QED) is 0.525. The number of hydrogen-bond acceptors (Lipinski definition) is 7. The van der Waals surface area contributed by atoms with Gasteiger partial charge in [0.15, 0.2) is 0 Å². The molecule has 0 aromatic carbocycles. The largest absolute Gasteiger partial charge is 0.379 e. The molecule has 1 atom stereocenters. The molecule has 3 rings (SSSR count). The van der Waals surface area contributed by atoms with E-state index in [0.717, 1.165) is 0 Å². The number of nitrogens with zero attached hydrogens (tertiary/aromatic N) is 3. The molecule has 1 aromatic rings. The summed E-state index contributed by atoms with van der Waals surface area (Å²) in [4.78, 5) is 29.2. The molecule has 2 amide bonds. The van der Waals surface area contributed by atoms with Gasteiger partial charge < -0.3 is 15.0 Å². The Labute approximate surface area is 181 Å². The third-order valence-electron chi connectivity index (χ3n) is 5.17. The van der Waals surface area contributed by atoms with Gasteiger partial charge in [0, 0.05) is 52.4 Å². The van der Waals surface area contributed by atoms with Crippen molar-refractivity contribution in [1.82, 2.24) is 24.1 Å². The van der Waals surface area contributed by atoms with E-state index in [2.05, 4.69) is 14.9 Å². The summed E-state index contributed by atoms with van der Waals surface area (Å²) in [5.74, 6) is -0.343. The van der Waals surface area contributed by atoms with E-state index in [4.69, 9.17) is 4.74 Å². The normalized spacial score (nSPS) is 20.1. The second-order valence-corrected chi connectivity index (χ2v) is 9.95. The van der Waals surface area contributed by atoms with Gasteiger partial charge in [0.2, 0.25) is 5.91 Å². The number of piperazine rings is 1. The SMILES string of the molecule is C[C@@H](NC(=O)c1cccs1)C(=O)N1CCN(CCNS(=O)(=O)N2CCOCC2)CC1. The molecule has 168 valence electrons. The molecule has 2 N–H and O–H groups in total. The van der Waals surface area contributed by atoms with E-state index >= 15 is 0 Å². The Kier molecular flexibility index (Phi) is 8.20. The number of amides is 2. The Bertz CT molecular complexity index is 803. The number of carbonyl (C=O) groups excluding carboxylic acids is 2. The van der Waals surface area contributed by atoms with Gasteiger partial charge in [-0.15, -0.1) is 11.3 Å². The Morgan fingerprint density at radius 2 is 1.87 bits per heavy atom. The fourth-order valence-corrected chi connectivity index (χ4v) is 5.20. The summed E-state index contributed by atoms with van der Waals surface area (Å²) in [5, 5.41) is 4.57. The minimum absolute atomic E-state index is 0.104. The van der Waals surface area contributed by atoms with Crippen molar-refractivity contribution in [2.24, 2.45) is 0 Å². The first kappa shape index (κ1) is 23.1. The van der Waals surface area contributed by atoms with E-state index in [1.807, 2.05) is 5.38 Å². The molecular weight excluding hydrogens is 430 g/mol. The molecule has 0 radical (unpaired) electrons. The van der Waals surface area contributed by atoms with Crippen LogP contribution in [-0.2, 0) is 19.7 Å². The molecule has 12 heteroatoms. The van der Waals surface area contributed by atoms with Crippen molar-refractivity contribution in [2.45, 2.75) is 13.0 Å². The topological polar surface area (TPSA) is 111 Å². The number of thiophene rings is 1. The van der Waals surface area contributed by atoms with Crippen LogP contribution in [0.4, 0.5) is 0 Å². The van der Waals surface area contributed by atoms with Crippen LogP contribution in [0.1, 0.15) is 16.6 Å². The highest BCUT2D eigenvalue weighted by molar-refractivity contribution is 7.87. The number of rotatable bonds is 8. The first-order chi connectivity index (χ1) is 14.4. The zero-order chi connectivity index (χ0) is 21.6. The van der Waals surface area contributed by atoms with Crippen LogP contribution in [0.2, 0.25) is 0 Å². The predicted molar refractivity (Wildman–Crippen MR) is 114 cm³/mol. The van der Waals surface area contributed by atoms with Gasteiger partial charge in [-0.3, -0.25) is 14.5 Å². The van der Waals surface area contributed by atoms with E-state index in [0.29, 0.717) is 70.4 Å². The number of ether oxygens (including phenoxy) is 1.